The van der Waals surface area contributed by atoms with E-state index >= 15 is 0 Å². The molecule has 0 spiro atoms. The Morgan fingerprint density at radius 3 is 2.59 bits per heavy atom. The van der Waals surface area contributed by atoms with Crippen molar-refractivity contribution >= 4 is 21.6 Å². The lowest BCUT2D eigenvalue weighted by molar-refractivity contribution is 0.482. The minimum Gasteiger partial charge on any atom is -0.243 e. The van der Waals surface area contributed by atoms with Crippen LogP contribution in [0.4, 0.5) is 0 Å². The van der Waals surface area contributed by atoms with Gasteiger partial charge in [-0.15, -0.1) is 0 Å². The number of halogens is 1. The largest absolute Gasteiger partial charge is 0.243 e. The fourth-order valence-corrected chi connectivity index (χ4v) is 3.36. The molecule has 0 amide bonds. The molecule has 0 saturated carbocycles. The molecule has 17 heavy (non-hydrogen) atoms. The molecule has 6 heteroatoms. The van der Waals surface area contributed by atoms with Gasteiger partial charge >= 0.3 is 0 Å². The van der Waals surface area contributed by atoms with Crippen molar-refractivity contribution in [1.29, 1.82) is 0 Å². The highest BCUT2D eigenvalue weighted by Gasteiger charge is 2.20. The number of rotatable bonds is 5. The Bertz CT molecular complexity index is 474. The zero-order valence-corrected chi connectivity index (χ0v) is 11.7. The van der Waals surface area contributed by atoms with E-state index in [2.05, 4.69) is 9.71 Å². The minimum atomic E-state index is -3.58. The third kappa shape index (κ3) is 4.26. The maximum atomic E-state index is 12.0. The summed E-state index contributed by atoms with van der Waals surface area (Å²) in [6.45, 7) is 5.92. The molecule has 4 nitrogen and oxygen atoms in total. The van der Waals surface area contributed by atoms with Gasteiger partial charge in [-0.1, -0.05) is 25.4 Å². The van der Waals surface area contributed by atoms with Crippen molar-refractivity contribution in [3.05, 3.63) is 23.5 Å². The molecule has 0 aromatic carbocycles. The Kier molecular flexibility index (Phi) is 4.91. The SMILES string of the molecule is CC(C)CC(C)NS(=O)(=O)c1cccnc1Cl. The van der Waals surface area contributed by atoms with Crippen LogP contribution in [0.2, 0.25) is 5.15 Å². The van der Waals surface area contributed by atoms with Gasteiger partial charge in [-0.2, -0.15) is 0 Å². The molecule has 96 valence electrons. The number of nitrogens with one attached hydrogen (secondary N) is 1. The van der Waals surface area contributed by atoms with Crippen LogP contribution in [-0.4, -0.2) is 19.4 Å². The zero-order valence-electron chi connectivity index (χ0n) is 10.1. The molecule has 1 rings (SSSR count). The van der Waals surface area contributed by atoms with Crippen LogP contribution in [0.25, 0.3) is 0 Å². The predicted octanol–water partition coefficient (Wildman–Crippen LogP) is 2.45. The van der Waals surface area contributed by atoms with Gasteiger partial charge in [-0.25, -0.2) is 18.1 Å². The van der Waals surface area contributed by atoms with E-state index in [1.165, 1.54) is 12.3 Å². The normalized spacial score (nSPS) is 13.9. The third-order valence-corrected chi connectivity index (χ3v) is 4.23. The Labute approximate surface area is 107 Å². The lowest BCUT2D eigenvalue weighted by Crippen LogP contribution is -2.33. The van der Waals surface area contributed by atoms with Crippen molar-refractivity contribution in [3.8, 4) is 0 Å². The number of aromatic nitrogens is 1. The van der Waals surface area contributed by atoms with Gasteiger partial charge in [-0.05, 0) is 31.4 Å². The van der Waals surface area contributed by atoms with Gasteiger partial charge in [0.25, 0.3) is 0 Å². The van der Waals surface area contributed by atoms with Crippen LogP contribution in [0.5, 0.6) is 0 Å². The van der Waals surface area contributed by atoms with Crippen LogP contribution in [0.1, 0.15) is 27.2 Å². The molecule has 1 N–H and O–H groups in total. The molecule has 0 fully saturated rings. The van der Waals surface area contributed by atoms with E-state index < -0.39 is 10.0 Å². The van der Waals surface area contributed by atoms with E-state index in [4.69, 9.17) is 11.6 Å². The number of hydrogen-bond donors (Lipinski definition) is 1. The first-order valence-electron chi connectivity index (χ1n) is 5.45. The van der Waals surface area contributed by atoms with Gasteiger partial charge in [0.1, 0.15) is 10.0 Å². The monoisotopic (exact) mass is 276 g/mol. The Hall–Kier alpha value is -0.650. The van der Waals surface area contributed by atoms with Gasteiger partial charge < -0.3 is 0 Å². The Morgan fingerprint density at radius 1 is 1.41 bits per heavy atom. The summed E-state index contributed by atoms with van der Waals surface area (Å²) in [4.78, 5) is 3.79. The summed E-state index contributed by atoms with van der Waals surface area (Å²) in [5, 5.41) is -0.00301. The first-order valence-corrected chi connectivity index (χ1v) is 7.32. The second-order valence-corrected chi connectivity index (χ2v) is 6.48. The molecule has 0 aliphatic carbocycles. The molecule has 0 saturated heterocycles. The highest BCUT2D eigenvalue weighted by Crippen LogP contribution is 2.18. The van der Waals surface area contributed by atoms with Crippen molar-refractivity contribution in [3.63, 3.8) is 0 Å². The highest BCUT2D eigenvalue weighted by molar-refractivity contribution is 7.89. The van der Waals surface area contributed by atoms with E-state index in [-0.39, 0.29) is 16.1 Å². The van der Waals surface area contributed by atoms with Gasteiger partial charge in [0, 0.05) is 12.2 Å². The van der Waals surface area contributed by atoms with Crippen LogP contribution in [0.15, 0.2) is 23.2 Å². The summed E-state index contributed by atoms with van der Waals surface area (Å²) in [6.07, 6.45) is 2.23. The summed E-state index contributed by atoms with van der Waals surface area (Å²) in [5.41, 5.74) is 0. The van der Waals surface area contributed by atoms with Crippen molar-refractivity contribution in [2.75, 3.05) is 0 Å². The highest BCUT2D eigenvalue weighted by atomic mass is 35.5. The van der Waals surface area contributed by atoms with Crippen LogP contribution in [-0.2, 0) is 10.0 Å². The number of sulfonamides is 1. The average molecular weight is 277 g/mol. The zero-order chi connectivity index (χ0) is 13.1. The Morgan fingerprint density at radius 2 is 2.06 bits per heavy atom. The first-order chi connectivity index (χ1) is 7.83. The number of nitrogens with zero attached hydrogens (tertiary/aromatic N) is 1. The van der Waals surface area contributed by atoms with E-state index in [9.17, 15) is 8.42 Å². The third-order valence-electron chi connectivity index (χ3n) is 2.20. The van der Waals surface area contributed by atoms with Crippen LogP contribution < -0.4 is 4.72 Å². The fourth-order valence-electron chi connectivity index (χ4n) is 1.66. The molecular weight excluding hydrogens is 260 g/mol. The minimum absolute atomic E-state index is 0.00301. The molecule has 0 radical (unpaired) electrons. The second-order valence-electron chi connectivity index (χ2n) is 4.44. The number of hydrogen-bond acceptors (Lipinski definition) is 3. The number of pyridine rings is 1. The lowest BCUT2D eigenvalue weighted by Gasteiger charge is -2.16. The van der Waals surface area contributed by atoms with Gasteiger partial charge in [-0.3, -0.25) is 0 Å². The smallest absolute Gasteiger partial charge is 0.243 e. The topological polar surface area (TPSA) is 59.1 Å². The molecule has 1 heterocycles. The fraction of sp³-hybridized carbons (Fsp3) is 0.545. The van der Waals surface area contributed by atoms with Crippen LogP contribution in [0.3, 0.4) is 0 Å². The van der Waals surface area contributed by atoms with Crippen molar-refractivity contribution in [2.45, 2.75) is 38.1 Å². The first kappa shape index (κ1) is 14.4. The van der Waals surface area contributed by atoms with E-state index in [1.54, 1.807) is 6.07 Å². The van der Waals surface area contributed by atoms with Crippen LogP contribution >= 0.6 is 11.6 Å². The van der Waals surface area contributed by atoms with Gasteiger partial charge in [0.2, 0.25) is 10.0 Å². The molecular formula is C11H17ClN2O2S. The van der Waals surface area contributed by atoms with Crippen LogP contribution in [0, 0.1) is 5.92 Å². The molecule has 0 aliphatic rings. The van der Waals surface area contributed by atoms with E-state index in [0.717, 1.165) is 6.42 Å². The predicted molar refractivity (Wildman–Crippen MR) is 68.5 cm³/mol. The van der Waals surface area contributed by atoms with Gasteiger partial charge in [0.15, 0.2) is 0 Å². The molecule has 1 unspecified atom stereocenters. The van der Waals surface area contributed by atoms with Crippen molar-refractivity contribution in [1.82, 2.24) is 9.71 Å². The van der Waals surface area contributed by atoms with Crippen molar-refractivity contribution < 1.29 is 8.42 Å². The Balaban J connectivity index is 2.86. The van der Waals surface area contributed by atoms with Crippen molar-refractivity contribution in [2.24, 2.45) is 5.92 Å². The standard InChI is InChI=1S/C11H17ClN2O2S/c1-8(2)7-9(3)14-17(15,16)10-5-4-6-13-11(10)12/h4-6,8-9,14H,7H2,1-3H3. The second kappa shape index (κ2) is 5.80. The maximum Gasteiger partial charge on any atom is 0.243 e. The average Bonchev–Trinajstić information content (AvgIpc) is 2.15. The lowest BCUT2D eigenvalue weighted by atomic mass is 10.1. The summed E-state index contributed by atoms with van der Waals surface area (Å²) >= 11 is 5.77. The van der Waals surface area contributed by atoms with Gasteiger partial charge in [0.05, 0.1) is 0 Å². The summed E-state index contributed by atoms with van der Waals surface area (Å²) < 4.78 is 26.6. The molecule has 0 aliphatic heterocycles. The summed E-state index contributed by atoms with van der Waals surface area (Å²) in [5.74, 6) is 0.428. The summed E-state index contributed by atoms with van der Waals surface area (Å²) in [6, 6.07) is 2.86. The molecule has 1 aromatic rings. The molecule has 0 bridgehead atoms. The quantitative estimate of drug-likeness (QED) is 0.841. The van der Waals surface area contributed by atoms with E-state index in [1.807, 2.05) is 20.8 Å². The molecule has 1 aromatic heterocycles. The maximum absolute atomic E-state index is 12.0. The summed E-state index contributed by atoms with van der Waals surface area (Å²) in [7, 11) is -3.58. The molecule has 1 atom stereocenters. The van der Waals surface area contributed by atoms with E-state index in [0.29, 0.717) is 5.92 Å².